The van der Waals surface area contributed by atoms with Gasteiger partial charge in [0.05, 0.1) is 0 Å². The summed E-state index contributed by atoms with van der Waals surface area (Å²) < 4.78 is 53.3. The average molecular weight is 258 g/mol. The second kappa shape index (κ2) is 4.59. The van der Waals surface area contributed by atoms with Crippen LogP contribution in [0, 0.1) is 5.82 Å². The third-order valence-electron chi connectivity index (χ3n) is 2.04. The van der Waals surface area contributed by atoms with Crippen LogP contribution in [-0.2, 0) is 0 Å². The Morgan fingerprint density at radius 2 is 1.72 bits per heavy atom. The van der Waals surface area contributed by atoms with Crippen molar-refractivity contribution in [3.63, 3.8) is 0 Å². The molecule has 0 saturated heterocycles. The molecule has 0 aliphatic carbocycles. The van der Waals surface area contributed by atoms with Crippen LogP contribution in [0.15, 0.2) is 36.9 Å². The molecule has 0 aliphatic rings. The summed E-state index contributed by atoms with van der Waals surface area (Å²) in [5.74, 6) is -1.18. The molecule has 0 spiro atoms. The first-order valence-corrected chi connectivity index (χ1v) is 4.76. The maximum atomic E-state index is 13.5. The van der Waals surface area contributed by atoms with Gasteiger partial charge in [0.1, 0.15) is 17.9 Å². The lowest BCUT2D eigenvalue weighted by atomic mass is 10.1. The molecule has 2 rings (SSSR count). The van der Waals surface area contributed by atoms with Gasteiger partial charge in [-0.25, -0.2) is 14.4 Å². The third-order valence-corrected chi connectivity index (χ3v) is 2.04. The van der Waals surface area contributed by atoms with Gasteiger partial charge in [0.15, 0.2) is 0 Å². The van der Waals surface area contributed by atoms with Crippen LogP contribution < -0.4 is 4.74 Å². The number of nitrogens with zero attached hydrogens (tertiary/aromatic N) is 2. The van der Waals surface area contributed by atoms with Crippen molar-refractivity contribution in [3.05, 3.63) is 42.7 Å². The second-order valence-electron chi connectivity index (χ2n) is 3.32. The second-order valence-corrected chi connectivity index (χ2v) is 3.32. The Kier molecular flexibility index (Phi) is 3.14. The summed E-state index contributed by atoms with van der Waals surface area (Å²) in [6.45, 7) is 0. The predicted octanol–water partition coefficient (Wildman–Crippen LogP) is 3.18. The van der Waals surface area contributed by atoms with Crippen LogP contribution in [0.5, 0.6) is 5.75 Å². The number of ether oxygens (including phenoxy) is 1. The number of aromatic nitrogens is 2. The first-order chi connectivity index (χ1) is 8.46. The molecule has 7 heteroatoms. The molecular weight excluding hydrogens is 252 g/mol. The van der Waals surface area contributed by atoms with Gasteiger partial charge in [0, 0.05) is 23.5 Å². The zero-order chi connectivity index (χ0) is 13.2. The van der Waals surface area contributed by atoms with Gasteiger partial charge >= 0.3 is 6.36 Å². The molecule has 0 amide bonds. The van der Waals surface area contributed by atoms with Gasteiger partial charge in [-0.1, -0.05) is 0 Å². The minimum atomic E-state index is -4.82. The Morgan fingerprint density at radius 1 is 1.06 bits per heavy atom. The lowest BCUT2D eigenvalue weighted by molar-refractivity contribution is -0.274. The van der Waals surface area contributed by atoms with Gasteiger partial charge < -0.3 is 4.74 Å². The lowest BCUT2D eigenvalue weighted by Crippen LogP contribution is -2.17. The van der Waals surface area contributed by atoms with Crippen LogP contribution in [0.1, 0.15) is 0 Å². The molecule has 1 heterocycles. The normalized spacial score (nSPS) is 11.3. The molecule has 2 aromatic rings. The molecule has 0 bridgehead atoms. The molecule has 0 radical (unpaired) electrons. The van der Waals surface area contributed by atoms with Crippen LogP contribution in [0.25, 0.3) is 11.1 Å². The fourth-order valence-electron chi connectivity index (χ4n) is 1.36. The third kappa shape index (κ3) is 2.93. The van der Waals surface area contributed by atoms with Crippen LogP contribution in [0.3, 0.4) is 0 Å². The standard InChI is InChI=1S/C11H6F4N2O/c12-10-2-1-8(18-11(13,14)15)3-9(10)7-4-16-6-17-5-7/h1-6H. The average Bonchev–Trinajstić information content (AvgIpc) is 2.31. The van der Waals surface area contributed by atoms with Gasteiger partial charge in [-0.15, -0.1) is 13.2 Å². The number of rotatable bonds is 2. The van der Waals surface area contributed by atoms with E-state index < -0.39 is 17.9 Å². The Morgan fingerprint density at radius 3 is 2.33 bits per heavy atom. The van der Waals surface area contributed by atoms with Crippen molar-refractivity contribution in [2.24, 2.45) is 0 Å². The first-order valence-electron chi connectivity index (χ1n) is 4.76. The molecule has 0 saturated carbocycles. The van der Waals surface area contributed by atoms with Crippen molar-refractivity contribution in [1.29, 1.82) is 0 Å². The van der Waals surface area contributed by atoms with Gasteiger partial charge in [-0.05, 0) is 18.2 Å². The van der Waals surface area contributed by atoms with E-state index in [1.54, 1.807) is 0 Å². The fourth-order valence-corrected chi connectivity index (χ4v) is 1.36. The summed E-state index contributed by atoms with van der Waals surface area (Å²) in [5.41, 5.74) is 0.208. The molecule has 94 valence electrons. The maximum absolute atomic E-state index is 13.5. The smallest absolute Gasteiger partial charge is 0.406 e. The van der Waals surface area contributed by atoms with Crippen LogP contribution in [-0.4, -0.2) is 16.3 Å². The number of alkyl halides is 3. The van der Waals surface area contributed by atoms with Crippen molar-refractivity contribution in [2.75, 3.05) is 0 Å². The minimum Gasteiger partial charge on any atom is -0.406 e. The van der Waals surface area contributed by atoms with Crippen molar-refractivity contribution < 1.29 is 22.3 Å². The van der Waals surface area contributed by atoms with Crippen LogP contribution in [0.4, 0.5) is 17.6 Å². The largest absolute Gasteiger partial charge is 0.573 e. The van der Waals surface area contributed by atoms with E-state index in [1.165, 1.54) is 18.7 Å². The molecule has 0 fully saturated rings. The van der Waals surface area contributed by atoms with Gasteiger partial charge in [0.25, 0.3) is 0 Å². The van der Waals surface area contributed by atoms with Crippen molar-refractivity contribution >= 4 is 0 Å². The highest BCUT2D eigenvalue weighted by Gasteiger charge is 2.31. The van der Waals surface area contributed by atoms with Gasteiger partial charge in [0.2, 0.25) is 0 Å². The van der Waals surface area contributed by atoms with Crippen molar-refractivity contribution in [3.8, 4) is 16.9 Å². The quantitative estimate of drug-likeness (QED) is 0.776. The Hall–Kier alpha value is -2.18. The Labute approximate surface area is 99.1 Å². The monoisotopic (exact) mass is 258 g/mol. The predicted molar refractivity (Wildman–Crippen MR) is 54.1 cm³/mol. The number of hydrogen-bond acceptors (Lipinski definition) is 3. The SMILES string of the molecule is Fc1ccc(OC(F)(F)F)cc1-c1cncnc1. The molecule has 0 atom stereocenters. The van der Waals surface area contributed by atoms with E-state index in [9.17, 15) is 17.6 Å². The molecule has 18 heavy (non-hydrogen) atoms. The number of benzene rings is 1. The highest BCUT2D eigenvalue weighted by Crippen LogP contribution is 2.29. The Balaban J connectivity index is 2.39. The van der Waals surface area contributed by atoms with E-state index in [0.717, 1.165) is 18.2 Å². The van der Waals surface area contributed by atoms with E-state index in [1.807, 2.05) is 0 Å². The summed E-state index contributed by atoms with van der Waals surface area (Å²) in [7, 11) is 0. The molecule has 1 aromatic carbocycles. The fraction of sp³-hybridized carbons (Fsp3) is 0.0909. The summed E-state index contributed by atoms with van der Waals surface area (Å²) >= 11 is 0. The minimum absolute atomic E-state index is 0.0580. The molecule has 0 aliphatic heterocycles. The molecular formula is C11H6F4N2O. The van der Waals surface area contributed by atoms with Gasteiger partial charge in [-0.2, -0.15) is 0 Å². The Bertz CT molecular complexity index is 542. The van der Waals surface area contributed by atoms with E-state index in [0.29, 0.717) is 0 Å². The van der Waals surface area contributed by atoms with E-state index in [2.05, 4.69) is 14.7 Å². The van der Waals surface area contributed by atoms with E-state index in [4.69, 9.17) is 0 Å². The maximum Gasteiger partial charge on any atom is 0.573 e. The summed E-state index contributed by atoms with van der Waals surface area (Å²) in [4.78, 5) is 7.33. The summed E-state index contributed by atoms with van der Waals surface area (Å²) in [6.07, 6.45) is -0.995. The first kappa shape index (κ1) is 12.3. The molecule has 3 nitrogen and oxygen atoms in total. The topological polar surface area (TPSA) is 35.0 Å². The number of halogens is 4. The molecule has 0 unspecified atom stereocenters. The van der Waals surface area contributed by atoms with Crippen molar-refractivity contribution in [2.45, 2.75) is 6.36 Å². The van der Waals surface area contributed by atoms with Crippen molar-refractivity contribution in [1.82, 2.24) is 9.97 Å². The van der Waals surface area contributed by atoms with E-state index >= 15 is 0 Å². The zero-order valence-electron chi connectivity index (χ0n) is 8.78. The van der Waals surface area contributed by atoms with Gasteiger partial charge in [-0.3, -0.25) is 0 Å². The summed E-state index contributed by atoms with van der Waals surface area (Å²) in [6, 6.07) is 2.74. The van der Waals surface area contributed by atoms with Crippen LogP contribution >= 0.6 is 0 Å². The lowest BCUT2D eigenvalue weighted by Gasteiger charge is -2.10. The molecule has 0 N–H and O–H groups in total. The van der Waals surface area contributed by atoms with Crippen LogP contribution in [0.2, 0.25) is 0 Å². The summed E-state index contributed by atoms with van der Waals surface area (Å²) in [5, 5.41) is 0. The highest BCUT2D eigenvalue weighted by atomic mass is 19.4. The zero-order valence-corrected chi connectivity index (χ0v) is 8.78. The molecule has 1 aromatic heterocycles. The highest BCUT2D eigenvalue weighted by molar-refractivity contribution is 5.64. The number of hydrogen-bond donors (Lipinski definition) is 0. The van der Waals surface area contributed by atoms with E-state index in [-0.39, 0.29) is 11.1 Å².